The summed E-state index contributed by atoms with van der Waals surface area (Å²) in [4.78, 5) is 4.61. The second-order valence-electron chi connectivity index (χ2n) is 5.26. The van der Waals surface area contributed by atoms with Gasteiger partial charge >= 0.3 is 0 Å². The van der Waals surface area contributed by atoms with Gasteiger partial charge in [-0.2, -0.15) is 11.3 Å². The molecule has 3 N–H and O–H groups in total. The fraction of sp³-hybridized carbons (Fsp3) is 0.353. The molecule has 0 aliphatic rings. The fourth-order valence-electron chi connectivity index (χ4n) is 2.23. The van der Waals surface area contributed by atoms with Crippen LogP contribution in [0.1, 0.15) is 29.2 Å². The second-order valence-corrected chi connectivity index (χ2v) is 6.04. The first-order valence-electron chi connectivity index (χ1n) is 7.42. The molecule has 0 saturated carbocycles. The lowest BCUT2D eigenvalue weighted by Crippen LogP contribution is -2.36. The van der Waals surface area contributed by atoms with E-state index in [1.807, 2.05) is 26.0 Å². The van der Waals surface area contributed by atoms with Crippen molar-refractivity contribution < 1.29 is 5.11 Å². The number of nitrogens with one attached hydrogen (secondary N) is 2. The molecule has 2 aromatic rings. The molecule has 0 aliphatic heterocycles. The number of hydrogen-bond donors (Lipinski definition) is 3. The Bertz CT molecular complexity index is 618. The number of benzene rings is 1. The Hall–Kier alpha value is -1.28. The van der Waals surface area contributed by atoms with Crippen molar-refractivity contribution in [2.45, 2.75) is 33.9 Å². The molecule has 1 aromatic carbocycles. The number of phenolic OH excluding ortho intramolecular Hbond substituents is 1. The highest BCUT2D eigenvalue weighted by Gasteiger charge is 2.04. The van der Waals surface area contributed by atoms with Gasteiger partial charge in [0.05, 0.1) is 6.54 Å². The summed E-state index contributed by atoms with van der Waals surface area (Å²) < 4.78 is 0. The van der Waals surface area contributed by atoms with E-state index in [2.05, 4.69) is 39.4 Å². The van der Waals surface area contributed by atoms with Crippen LogP contribution in [-0.2, 0) is 13.1 Å². The topological polar surface area (TPSA) is 56.7 Å². The van der Waals surface area contributed by atoms with Gasteiger partial charge in [-0.3, -0.25) is 0 Å². The lowest BCUT2D eigenvalue weighted by Gasteiger charge is -2.11. The van der Waals surface area contributed by atoms with Crippen molar-refractivity contribution in [1.29, 1.82) is 0 Å². The van der Waals surface area contributed by atoms with Crippen LogP contribution in [0, 0.1) is 13.8 Å². The minimum Gasteiger partial charge on any atom is -0.507 e. The van der Waals surface area contributed by atoms with Crippen LogP contribution in [0.25, 0.3) is 0 Å². The first kappa shape index (κ1) is 19.8. The minimum atomic E-state index is 0. The summed E-state index contributed by atoms with van der Waals surface area (Å²) >= 11 is 1.70. The van der Waals surface area contributed by atoms with Gasteiger partial charge in [0.15, 0.2) is 5.96 Å². The van der Waals surface area contributed by atoms with Gasteiger partial charge in [0.2, 0.25) is 0 Å². The van der Waals surface area contributed by atoms with Crippen molar-refractivity contribution in [2.75, 3.05) is 6.54 Å². The van der Waals surface area contributed by atoms with Crippen LogP contribution in [0.2, 0.25) is 0 Å². The zero-order chi connectivity index (χ0) is 15.9. The SMILES string of the molecule is CCNC(=NCc1cc(C)c(O)c(C)c1)NCc1ccsc1.I. The Morgan fingerprint density at radius 2 is 1.87 bits per heavy atom. The summed E-state index contributed by atoms with van der Waals surface area (Å²) in [5.41, 5.74) is 4.13. The summed E-state index contributed by atoms with van der Waals surface area (Å²) in [6.07, 6.45) is 0. The Morgan fingerprint density at radius 1 is 1.17 bits per heavy atom. The normalized spacial score (nSPS) is 11.0. The summed E-state index contributed by atoms with van der Waals surface area (Å²) in [6, 6.07) is 6.07. The lowest BCUT2D eigenvalue weighted by atomic mass is 10.1. The molecule has 0 bridgehead atoms. The number of phenols is 1. The molecule has 23 heavy (non-hydrogen) atoms. The van der Waals surface area contributed by atoms with E-state index >= 15 is 0 Å². The van der Waals surface area contributed by atoms with Crippen molar-refractivity contribution >= 4 is 41.3 Å². The van der Waals surface area contributed by atoms with Gasteiger partial charge in [0.25, 0.3) is 0 Å². The maximum absolute atomic E-state index is 9.82. The monoisotopic (exact) mass is 445 g/mol. The van der Waals surface area contributed by atoms with Crippen molar-refractivity contribution in [3.05, 3.63) is 51.2 Å². The molecule has 0 unspecified atom stereocenters. The molecular weight excluding hydrogens is 421 g/mol. The number of aryl methyl sites for hydroxylation is 2. The van der Waals surface area contributed by atoms with Gasteiger partial charge in [0, 0.05) is 13.1 Å². The molecule has 6 heteroatoms. The molecular formula is C17H24IN3OS. The van der Waals surface area contributed by atoms with Crippen LogP contribution < -0.4 is 10.6 Å². The van der Waals surface area contributed by atoms with Crippen LogP contribution >= 0.6 is 35.3 Å². The van der Waals surface area contributed by atoms with Crippen molar-refractivity contribution in [1.82, 2.24) is 10.6 Å². The van der Waals surface area contributed by atoms with E-state index < -0.39 is 0 Å². The smallest absolute Gasteiger partial charge is 0.191 e. The number of aliphatic imine (C=N–C) groups is 1. The minimum absolute atomic E-state index is 0. The largest absolute Gasteiger partial charge is 0.507 e. The van der Waals surface area contributed by atoms with Crippen LogP contribution in [0.5, 0.6) is 5.75 Å². The third-order valence-corrected chi connectivity index (χ3v) is 4.09. The quantitative estimate of drug-likeness (QED) is 0.371. The lowest BCUT2D eigenvalue weighted by molar-refractivity contribution is 0.466. The Labute approximate surface area is 159 Å². The van der Waals surface area contributed by atoms with Gasteiger partial charge < -0.3 is 15.7 Å². The number of halogens is 1. The van der Waals surface area contributed by atoms with Crippen molar-refractivity contribution in [2.24, 2.45) is 4.99 Å². The number of hydrogen-bond acceptors (Lipinski definition) is 3. The van der Waals surface area contributed by atoms with Gasteiger partial charge in [-0.05, 0) is 59.9 Å². The average molecular weight is 445 g/mol. The zero-order valence-electron chi connectivity index (χ0n) is 13.7. The van der Waals surface area contributed by atoms with Crippen LogP contribution in [0.4, 0.5) is 0 Å². The highest BCUT2D eigenvalue weighted by Crippen LogP contribution is 2.23. The molecule has 2 rings (SSSR count). The van der Waals surface area contributed by atoms with Crippen molar-refractivity contribution in [3.63, 3.8) is 0 Å². The van der Waals surface area contributed by atoms with Gasteiger partial charge in [-0.15, -0.1) is 24.0 Å². The molecule has 1 aromatic heterocycles. The van der Waals surface area contributed by atoms with E-state index in [4.69, 9.17) is 0 Å². The molecule has 0 amide bonds. The summed E-state index contributed by atoms with van der Waals surface area (Å²) in [5.74, 6) is 1.17. The van der Waals surface area contributed by atoms with Crippen LogP contribution in [0.15, 0.2) is 34.0 Å². The molecule has 0 saturated heterocycles. The van der Waals surface area contributed by atoms with Crippen molar-refractivity contribution in [3.8, 4) is 5.75 Å². The van der Waals surface area contributed by atoms with Crippen LogP contribution in [0.3, 0.4) is 0 Å². The molecule has 0 fully saturated rings. The Morgan fingerprint density at radius 3 is 2.43 bits per heavy atom. The molecule has 126 valence electrons. The maximum atomic E-state index is 9.82. The van der Waals surface area contributed by atoms with Crippen LogP contribution in [-0.4, -0.2) is 17.6 Å². The maximum Gasteiger partial charge on any atom is 0.191 e. The highest BCUT2D eigenvalue weighted by molar-refractivity contribution is 14.0. The number of nitrogens with zero attached hydrogens (tertiary/aromatic N) is 1. The number of guanidine groups is 1. The highest BCUT2D eigenvalue weighted by atomic mass is 127. The number of thiophene rings is 1. The van der Waals surface area contributed by atoms with Gasteiger partial charge in [-0.1, -0.05) is 12.1 Å². The first-order valence-corrected chi connectivity index (χ1v) is 8.36. The predicted octanol–water partition coefficient (Wildman–Crippen LogP) is 3.94. The molecule has 0 aliphatic carbocycles. The fourth-order valence-corrected chi connectivity index (χ4v) is 2.90. The third kappa shape index (κ3) is 6.02. The van der Waals surface area contributed by atoms with E-state index in [-0.39, 0.29) is 24.0 Å². The van der Waals surface area contributed by atoms with E-state index in [0.29, 0.717) is 12.3 Å². The molecule has 0 atom stereocenters. The van der Waals surface area contributed by atoms with E-state index in [1.165, 1.54) is 5.56 Å². The summed E-state index contributed by atoms with van der Waals surface area (Å²) in [7, 11) is 0. The number of rotatable bonds is 5. The summed E-state index contributed by atoms with van der Waals surface area (Å²) in [5, 5.41) is 20.6. The third-order valence-electron chi connectivity index (χ3n) is 3.35. The standard InChI is InChI=1S/C17H23N3OS.HI/c1-4-18-17(19-9-14-5-6-22-11-14)20-10-15-7-12(2)16(21)13(3)8-15;/h5-8,11,21H,4,9-10H2,1-3H3,(H2,18,19,20);1H. The number of aromatic hydroxyl groups is 1. The zero-order valence-corrected chi connectivity index (χ0v) is 16.9. The van der Waals surface area contributed by atoms with E-state index in [0.717, 1.165) is 35.7 Å². The summed E-state index contributed by atoms with van der Waals surface area (Å²) in [6.45, 7) is 8.05. The molecule has 0 radical (unpaired) electrons. The first-order chi connectivity index (χ1) is 10.6. The second kappa shape index (κ2) is 9.77. The van der Waals surface area contributed by atoms with Gasteiger partial charge in [0.1, 0.15) is 5.75 Å². The Balaban J connectivity index is 0.00000264. The van der Waals surface area contributed by atoms with E-state index in [9.17, 15) is 5.11 Å². The Kier molecular flexibility index (Phi) is 8.40. The molecule has 1 heterocycles. The van der Waals surface area contributed by atoms with Gasteiger partial charge in [-0.25, -0.2) is 4.99 Å². The average Bonchev–Trinajstić information content (AvgIpc) is 3.01. The molecule has 4 nitrogen and oxygen atoms in total. The van der Waals surface area contributed by atoms with E-state index in [1.54, 1.807) is 11.3 Å². The molecule has 0 spiro atoms. The predicted molar refractivity (Wildman–Crippen MR) is 109 cm³/mol.